The Morgan fingerprint density at radius 2 is 2.15 bits per heavy atom. The van der Waals surface area contributed by atoms with Gasteiger partial charge in [0.1, 0.15) is 11.5 Å². The Kier molecular flexibility index (Phi) is 4.08. The summed E-state index contributed by atoms with van der Waals surface area (Å²) in [7, 11) is 0. The van der Waals surface area contributed by atoms with Crippen LogP contribution in [-0.4, -0.2) is 43.7 Å². The molecule has 5 heteroatoms. The normalized spacial score (nSPS) is 21.6. The third-order valence-electron chi connectivity index (χ3n) is 3.99. The van der Waals surface area contributed by atoms with Crippen molar-refractivity contribution in [3.05, 3.63) is 23.7 Å². The number of aryl methyl sites for hydroxylation is 1. The van der Waals surface area contributed by atoms with Gasteiger partial charge in [0.2, 0.25) is 5.91 Å². The van der Waals surface area contributed by atoms with Crippen LogP contribution in [0.1, 0.15) is 30.4 Å². The molecule has 3 rings (SSSR count). The molecule has 1 saturated heterocycles. The zero-order valence-corrected chi connectivity index (χ0v) is 11.9. The molecule has 1 amide bonds. The van der Waals surface area contributed by atoms with Gasteiger partial charge < -0.3 is 14.5 Å². The first-order valence-electron chi connectivity index (χ1n) is 7.40. The lowest BCUT2D eigenvalue weighted by Crippen LogP contribution is -2.44. The third-order valence-corrected chi connectivity index (χ3v) is 3.99. The second-order valence-corrected chi connectivity index (χ2v) is 5.63. The van der Waals surface area contributed by atoms with E-state index in [9.17, 15) is 4.79 Å². The Hall–Kier alpha value is -1.33. The Morgan fingerprint density at radius 1 is 1.40 bits per heavy atom. The minimum absolute atomic E-state index is 0.107. The highest BCUT2D eigenvalue weighted by molar-refractivity contribution is 5.80. The number of hydrogen-bond donors (Lipinski definition) is 1. The van der Waals surface area contributed by atoms with Crippen molar-refractivity contribution in [3.63, 3.8) is 0 Å². The molecule has 2 fully saturated rings. The van der Waals surface area contributed by atoms with Crippen LogP contribution in [0.5, 0.6) is 0 Å². The van der Waals surface area contributed by atoms with E-state index in [4.69, 9.17) is 9.15 Å². The number of ether oxygens (including phenoxy) is 1. The summed E-state index contributed by atoms with van der Waals surface area (Å²) in [6, 6.07) is 4.10. The number of furan rings is 1. The fraction of sp³-hybridized carbons (Fsp3) is 0.667. The lowest BCUT2D eigenvalue weighted by molar-refractivity contribution is -0.122. The van der Waals surface area contributed by atoms with Gasteiger partial charge in [0.25, 0.3) is 0 Å². The molecule has 0 unspecified atom stereocenters. The van der Waals surface area contributed by atoms with Crippen LogP contribution < -0.4 is 5.32 Å². The number of rotatable bonds is 5. The van der Waals surface area contributed by atoms with Crippen molar-refractivity contribution in [2.45, 2.75) is 25.8 Å². The van der Waals surface area contributed by atoms with Crippen molar-refractivity contribution in [2.24, 2.45) is 5.92 Å². The van der Waals surface area contributed by atoms with Gasteiger partial charge in [0, 0.05) is 25.6 Å². The third kappa shape index (κ3) is 3.22. The first-order chi connectivity index (χ1) is 9.74. The maximum Gasteiger partial charge on any atom is 0.223 e. The second kappa shape index (κ2) is 5.97. The minimum atomic E-state index is 0.107. The fourth-order valence-electron chi connectivity index (χ4n) is 2.62. The zero-order chi connectivity index (χ0) is 13.9. The largest absolute Gasteiger partial charge is 0.465 e. The van der Waals surface area contributed by atoms with Crippen LogP contribution in [-0.2, 0) is 9.53 Å². The lowest BCUT2D eigenvalue weighted by atomic mass is 10.1. The topological polar surface area (TPSA) is 54.7 Å². The Morgan fingerprint density at radius 3 is 2.75 bits per heavy atom. The number of nitrogens with zero attached hydrogens (tertiary/aromatic N) is 1. The summed E-state index contributed by atoms with van der Waals surface area (Å²) in [6.45, 7) is 5.80. The smallest absolute Gasteiger partial charge is 0.223 e. The van der Waals surface area contributed by atoms with Crippen LogP contribution in [0.25, 0.3) is 0 Å². The van der Waals surface area contributed by atoms with Gasteiger partial charge in [-0.1, -0.05) is 0 Å². The predicted molar refractivity (Wildman–Crippen MR) is 74.3 cm³/mol. The number of hydrogen-bond acceptors (Lipinski definition) is 4. The number of morpholine rings is 1. The molecule has 110 valence electrons. The SMILES string of the molecule is Cc1ccc([C@@H](CNC(=O)C2CC2)N2CCOCC2)o1. The first kappa shape index (κ1) is 13.6. The monoisotopic (exact) mass is 278 g/mol. The van der Waals surface area contributed by atoms with Crippen molar-refractivity contribution < 1.29 is 13.9 Å². The summed E-state index contributed by atoms with van der Waals surface area (Å²) < 4.78 is 11.2. The lowest BCUT2D eigenvalue weighted by Gasteiger charge is -2.33. The molecule has 1 aliphatic heterocycles. The standard InChI is InChI=1S/C15H22N2O3/c1-11-2-5-14(20-11)13(17-6-8-19-9-7-17)10-16-15(18)12-3-4-12/h2,5,12-13H,3-4,6-10H2,1H3,(H,16,18)/t13-/m1/s1. The molecule has 0 spiro atoms. The van der Waals surface area contributed by atoms with Gasteiger partial charge in [-0.2, -0.15) is 0 Å². The molecule has 0 radical (unpaired) electrons. The van der Waals surface area contributed by atoms with Gasteiger partial charge in [0.05, 0.1) is 19.3 Å². The number of amides is 1. The molecular formula is C15H22N2O3. The minimum Gasteiger partial charge on any atom is -0.465 e. The van der Waals surface area contributed by atoms with Crippen LogP contribution in [0.2, 0.25) is 0 Å². The van der Waals surface area contributed by atoms with E-state index in [1.54, 1.807) is 0 Å². The summed E-state index contributed by atoms with van der Waals surface area (Å²) in [4.78, 5) is 14.2. The molecule has 0 aromatic carbocycles. The van der Waals surface area contributed by atoms with Crippen molar-refractivity contribution in [2.75, 3.05) is 32.8 Å². The molecule has 2 aliphatic rings. The van der Waals surface area contributed by atoms with E-state index in [0.29, 0.717) is 6.54 Å². The molecular weight excluding hydrogens is 256 g/mol. The van der Waals surface area contributed by atoms with E-state index >= 15 is 0 Å². The molecule has 2 heterocycles. The maximum absolute atomic E-state index is 11.8. The number of carbonyl (C=O) groups is 1. The summed E-state index contributed by atoms with van der Waals surface area (Å²) in [6.07, 6.45) is 2.07. The van der Waals surface area contributed by atoms with Gasteiger partial charge in [-0.25, -0.2) is 0 Å². The highest BCUT2D eigenvalue weighted by atomic mass is 16.5. The fourth-order valence-corrected chi connectivity index (χ4v) is 2.62. The van der Waals surface area contributed by atoms with Crippen molar-refractivity contribution in [1.82, 2.24) is 10.2 Å². The Bertz CT molecular complexity index is 461. The molecule has 5 nitrogen and oxygen atoms in total. The summed E-state index contributed by atoms with van der Waals surface area (Å²) in [5.74, 6) is 2.28. The van der Waals surface area contributed by atoms with Crippen LogP contribution >= 0.6 is 0 Å². The van der Waals surface area contributed by atoms with E-state index in [1.807, 2.05) is 19.1 Å². The average Bonchev–Trinajstić information content (AvgIpc) is 3.23. The number of carbonyl (C=O) groups excluding carboxylic acids is 1. The van der Waals surface area contributed by atoms with E-state index in [-0.39, 0.29) is 17.9 Å². The summed E-state index contributed by atoms with van der Waals surface area (Å²) in [5.41, 5.74) is 0. The second-order valence-electron chi connectivity index (χ2n) is 5.63. The average molecular weight is 278 g/mol. The van der Waals surface area contributed by atoms with Gasteiger partial charge in [0.15, 0.2) is 0 Å². The van der Waals surface area contributed by atoms with Crippen molar-refractivity contribution >= 4 is 5.91 Å². The van der Waals surface area contributed by atoms with Crippen LogP contribution in [0, 0.1) is 12.8 Å². The molecule has 1 aliphatic carbocycles. The highest BCUT2D eigenvalue weighted by Gasteiger charge is 2.31. The van der Waals surface area contributed by atoms with Crippen LogP contribution in [0.4, 0.5) is 0 Å². The van der Waals surface area contributed by atoms with E-state index in [1.165, 1.54) is 0 Å². The highest BCUT2D eigenvalue weighted by Crippen LogP contribution is 2.29. The molecule has 1 saturated carbocycles. The molecule has 1 atom stereocenters. The van der Waals surface area contributed by atoms with Gasteiger partial charge in [-0.15, -0.1) is 0 Å². The molecule has 1 aromatic rings. The molecule has 1 N–H and O–H groups in total. The van der Waals surface area contributed by atoms with E-state index < -0.39 is 0 Å². The van der Waals surface area contributed by atoms with E-state index in [2.05, 4.69) is 10.2 Å². The zero-order valence-electron chi connectivity index (χ0n) is 11.9. The van der Waals surface area contributed by atoms with Crippen molar-refractivity contribution in [3.8, 4) is 0 Å². The summed E-state index contributed by atoms with van der Waals surface area (Å²) >= 11 is 0. The van der Waals surface area contributed by atoms with Crippen LogP contribution in [0.3, 0.4) is 0 Å². The number of nitrogens with one attached hydrogen (secondary N) is 1. The Balaban J connectivity index is 1.66. The van der Waals surface area contributed by atoms with Crippen molar-refractivity contribution in [1.29, 1.82) is 0 Å². The Labute approximate surface area is 119 Å². The summed E-state index contributed by atoms with van der Waals surface area (Å²) in [5, 5.41) is 3.07. The van der Waals surface area contributed by atoms with E-state index in [0.717, 1.165) is 50.7 Å². The van der Waals surface area contributed by atoms with Gasteiger partial charge in [-0.3, -0.25) is 9.69 Å². The van der Waals surface area contributed by atoms with Crippen LogP contribution in [0.15, 0.2) is 16.5 Å². The molecule has 20 heavy (non-hydrogen) atoms. The predicted octanol–water partition coefficient (Wildman–Crippen LogP) is 1.49. The van der Waals surface area contributed by atoms with Gasteiger partial charge in [-0.05, 0) is 31.9 Å². The first-order valence-corrected chi connectivity index (χ1v) is 7.40. The quantitative estimate of drug-likeness (QED) is 0.886. The maximum atomic E-state index is 11.8. The molecule has 0 bridgehead atoms. The molecule has 1 aromatic heterocycles. The van der Waals surface area contributed by atoms with Gasteiger partial charge >= 0.3 is 0 Å².